The van der Waals surface area contributed by atoms with Crippen LogP contribution in [0.4, 0.5) is 14.5 Å². The van der Waals surface area contributed by atoms with E-state index in [1.54, 1.807) is 0 Å². The van der Waals surface area contributed by atoms with Crippen molar-refractivity contribution >= 4 is 5.69 Å². The number of hydrogen-bond acceptors (Lipinski definition) is 2. The van der Waals surface area contributed by atoms with Crippen molar-refractivity contribution in [1.29, 1.82) is 0 Å². The highest BCUT2D eigenvalue weighted by Crippen LogP contribution is 2.24. The van der Waals surface area contributed by atoms with E-state index < -0.39 is 0 Å². The maximum absolute atomic E-state index is 13.6. The second-order valence-electron chi connectivity index (χ2n) is 4.44. The van der Waals surface area contributed by atoms with Gasteiger partial charge in [0.2, 0.25) is 0 Å². The maximum atomic E-state index is 13.6. The molecular weight excluding hydrogens is 222 g/mol. The molecule has 1 aromatic rings. The molecule has 0 spiro atoms. The predicted octanol–water partition coefficient (Wildman–Crippen LogP) is 2.54. The van der Waals surface area contributed by atoms with E-state index in [1.807, 2.05) is 4.90 Å². The van der Waals surface area contributed by atoms with E-state index in [1.165, 1.54) is 12.1 Å². The van der Waals surface area contributed by atoms with Crippen LogP contribution in [-0.4, -0.2) is 25.7 Å². The lowest BCUT2D eigenvalue weighted by Gasteiger charge is -2.34. The molecule has 0 saturated carbocycles. The Balaban J connectivity index is 2.13. The van der Waals surface area contributed by atoms with Crippen molar-refractivity contribution < 1.29 is 8.78 Å². The molecule has 0 bridgehead atoms. The maximum Gasteiger partial charge on any atom is 0.146 e. The number of anilines is 1. The van der Waals surface area contributed by atoms with Gasteiger partial charge in [0.15, 0.2) is 0 Å². The highest BCUT2D eigenvalue weighted by Gasteiger charge is 2.21. The molecule has 1 aliphatic rings. The Morgan fingerprint density at radius 2 is 2.24 bits per heavy atom. The summed E-state index contributed by atoms with van der Waals surface area (Å²) in [5, 5.41) is 3.36. The third-order valence-corrected chi connectivity index (χ3v) is 3.16. The molecule has 2 rings (SSSR count). The largest absolute Gasteiger partial charge is 0.368 e. The smallest absolute Gasteiger partial charge is 0.146 e. The van der Waals surface area contributed by atoms with Crippen molar-refractivity contribution in [3.8, 4) is 0 Å². The molecule has 17 heavy (non-hydrogen) atoms. The number of rotatable bonds is 3. The number of likely N-dealkylation sites (N-methyl/N-ethyl adjacent to an activating group) is 1. The highest BCUT2D eigenvalue weighted by molar-refractivity contribution is 5.48. The molecule has 1 heterocycles. The molecule has 0 radical (unpaired) electrons. The SMILES string of the molecule is CCNC1CCCN(c2cc(F)ccc2F)C1. The molecule has 1 fully saturated rings. The molecule has 1 unspecified atom stereocenters. The van der Waals surface area contributed by atoms with Crippen LogP contribution in [-0.2, 0) is 0 Å². The van der Waals surface area contributed by atoms with E-state index in [2.05, 4.69) is 12.2 Å². The molecule has 0 amide bonds. The fraction of sp³-hybridized carbons (Fsp3) is 0.538. The van der Waals surface area contributed by atoms with E-state index in [9.17, 15) is 8.78 Å². The van der Waals surface area contributed by atoms with Crippen molar-refractivity contribution in [2.45, 2.75) is 25.8 Å². The van der Waals surface area contributed by atoms with E-state index in [4.69, 9.17) is 0 Å². The van der Waals surface area contributed by atoms with Crippen LogP contribution in [0.1, 0.15) is 19.8 Å². The first kappa shape index (κ1) is 12.3. The Bertz CT molecular complexity index is 380. The summed E-state index contributed by atoms with van der Waals surface area (Å²) in [7, 11) is 0. The second kappa shape index (κ2) is 5.45. The van der Waals surface area contributed by atoms with Crippen LogP contribution in [0, 0.1) is 11.6 Å². The summed E-state index contributed by atoms with van der Waals surface area (Å²) in [5.41, 5.74) is 0.382. The Morgan fingerprint density at radius 3 is 3.00 bits per heavy atom. The second-order valence-corrected chi connectivity index (χ2v) is 4.44. The quantitative estimate of drug-likeness (QED) is 0.873. The Labute approximate surface area is 101 Å². The normalized spacial score (nSPS) is 20.6. The molecule has 1 saturated heterocycles. The molecule has 0 aliphatic carbocycles. The summed E-state index contributed by atoms with van der Waals surface area (Å²) in [4.78, 5) is 1.93. The summed E-state index contributed by atoms with van der Waals surface area (Å²) in [6, 6.07) is 4.01. The van der Waals surface area contributed by atoms with Gasteiger partial charge in [0.05, 0.1) is 5.69 Å². The summed E-state index contributed by atoms with van der Waals surface area (Å²) in [6.07, 6.45) is 2.11. The minimum Gasteiger partial charge on any atom is -0.368 e. The Hall–Kier alpha value is -1.16. The van der Waals surface area contributed by atoms with Crippen molar-refractivity contribution in [3.05, 3.63) is 29.8 Å². The topological polar surface area (TPSA) is 15.3 Å². The van der Waals surface area contributed by atoms with E-state index in [0.29, 0.717) is 11.7 Å². The van der Waals surface area contributed by atoms with Gasteiger partial charge >= 0.3 is 0 Å². The first-order chi connectivity index (χ1) is 8.20. The standard InChI is InChI=1S/C13H18F2N2/c1-2-16-11-4-3-7-17(9-11)13-8-10(14)5-6-12(13)15/h5-6,8,11,16H,2-4,7,9H2,1H3. The fourth-order valence-electron chi connectivity index (χ4n) is 2.38. The fourth-order valence-corrected chi connectivity index (χ4v) is 2.38. The zero-order chi connectivity index (χ0) is 12.3. The average molecular weight is 240 g/mol. The van der Waals surface area contributed by atoms with Gasteiger partial charge in [-0.05, 0) is 31.5 Å². The molecule has 0 aromatic heterocycles. The lowest BCUT2D eigenvalue weighted by atomic mass is 10.0. The van der Waals surface area contributed by atoms with E-state index in [-0.39, 0.29) is 11.6 Å². The van der Waals surface area contributed by atoms with Gasteiger partial charge in [-0.25, -0.2) is 8.78 Å². The summed E-state index contributed by atoms with van der Waals surface area (Å²) < 4.78 is 26.8. The van der Waals surface area contributed by atoms with Crippen LogP contribution in [0.25, 0.3) is 0 Å². The van der Waals surface area contributed by atoms with Gasteiger partial charge in [-0.3, -0.25) is 0 Å². The summed E-state index contributed by atoms with van der Waals surface area (Å²) in [5.74, 6) is -0.726. The van der Waals surface area contributed by atoms with Crippen LogP contribution < -0.4 is 10.2 Å². The minimum atomic E-state index is -0.382. The van der Waals surface area contributed by atoms with Gasteiger partial charge in [-0.2, -0.15) is 0 Å². The first-order valence-corrected chi connectivity index (χ1v) is 6.14. The molecule has 4 heteroatoms. The molecule has 2 nitrogen and oxygen atoms in total. The number of nitrogens with zero attached hydrogens (tertiary/aromatic N) is 1. The molecule has 1 aromatic carbocycles. The van der Waals surface area contributed by atoms with Gasteiger partial charge in [-0.15, -0.1) is 0 Å². The number of benzene rings is 1. The Morgan fingerprint density at radius 1 is 1.41 bits per heavy atom. The minimum absolute atomic E-state index is 0.344. The van der Waals surface area contributed by atoms with Gasteiger partial charge in [0, 0.05) is 25.2 Å². The zero-order valence-electron chi connectivity index (χ0n) is 10.0. The van der Waals surface area contributed by atoms with Crippen molar-refractivity contribution in [2.24, 2.45) is 0 Å². The Kier molecular flexibility index (Phi) is 3.94. The zero-order valence-corrected chi connectivity index (χ0v) is 10.0. The highest BCUT2D eigenvalue weighted by atomic mass is 19.1. The van der Waals surface area contributed by atoms with E-state index in [0.717, 1.165) is 38.5 Å². The van der Waals surface area contributed by atoms with Crippen LogP contribution in [0.5, 0.6) is 0 Å². The molecular formula is C13H18F2N2. The van der Waals surface area contributed by atoms with Gasteiger partial charge in [0.25, 0.3) is 0 Å². The third kappa shape index (κ3) is 2.94. The molecule has 1 aliphatic heterocycles. The van der Waals surface area contributed by atoms with Crippen molar-refractivity contribution in [1.82, 2.24) is 5.32 Å². The molecule has 1 N–H and O–H groups in total. The van der Waals surface area contributed by atoms with E-state index >= 15 is 0 Å². The number of nitrogens with one attached hydrogen (secondary N) is 1. The lowest BCUT2D eigenvalue weighted by molar-refractivity contribution is 0.427. The monoisotopic (exact) mass is 240 g/mol. The summed E-state index contributed by atoms with van der Waals surface area (Å²) >= 11 is 0. The van der Waals surface area contributed by atoms with Gasteiger partial charge in [0.1, 0.15) is 11.6 Å². The average Bonchev–Trinajstić information content (AvgIpc) is 2.33. The number of halogens is 2. The van der Waals surface area contributed by atoms with Crippen LogP contribution in [0.2, 0.25) is 0 Å². The van der Waals surface area contributed by atoms with Crippen molar-refractivity contribution in [3.63, 3.8) is 0 Å². The van der Waals surface area contributed by atoms with Crippen LogP contribution >= 0.6 is 0 Å². The van der Waals surface area contributed by atoms with Crippen LogP contribution in [0.15, 0.2) is 18.2 Å². The first-order valence-electron chi connectivity index (χ1n) is 6.14. The molecule has 94 valence electrons. The molecule has 1 atom stereocenters. The summed E-state index contributed by atoms with van der Waals surface area (Å²) in [6.45, 7) is 4.50. The number of piperidine rings is 1. The van der Waals surface area contributed by atoms with Gasteiger partial charge in [-0.1, -0.05) is 6.92 Å². The third-order valence-electron chi connectivity index (χ3n) is 3.16. The van der Waals surface area contributed by atoms with Crippen molar-refractivity contribution in [2.75, 3.05) is 24.5 Å². The number of hydrogen-bond donors (Lipinski definition) is 1. The van der Waals surface area contributed by atoms with Gasteiger partial charge < -0.3 is 10.2 Å². The van der Waals surface area contributed by atoms with Crippen LogP contribution in [0.3, 0.4) is 0 Å². The predicted molar refractivity (Wildman–Crippen MR) is 65.3 cm³/mol. The lowest BCUT2D eigenvalue weighted by Crippen LogP contribution is -2.46.